The Morgan fingerprint density at radius 2 is 1.06 bits per heavy atom. The zero-order valence-electron chi connectivity index (χ0n) is 43.0. The van der Waals surface area contributed by atoms with E-state index in [1.54, 1.807) is 12.3 Å². The van der Waals surface area contributed by atoms with Crippen LogP contribution in [-0.4, -0.2) is 24.3 Å². The zero-order valence-corrected chi connectivity index (χ0v) is 41.0. The SMILES string of the molecule is [2H]C([2H])([2H])c1cc(-n2c3ccccc3c3ccc(Oc4cccc(N5CN(c6cccc(C(C)(C)C)c6)c6ccccc65)c4)cc32)ncc1-c1cccc([Si](c2ccccc2)(c2ccccc2)c2ccccc2)c1. The summed E-state index contributed by atoms with van der Waals surface area (Å²) in [6.45, 7) is 4.94. The number of fused-ring (bicyclic) bond motifs is 4. The van der Waals surface area contributed by atoms with Crippen LogP contribution in [-0.2, 0) is 5.41 Å². The van der Waals surface area contributed by atoms with Crippen LogP contribution < -0.4 is 35.3 Å². The van der Waals surface area contributed by atoms with E-state index >= 15 is 0 Å². The number of hydrogen-bond acceptors (Lipinski definition) is 4. The van der Waals surface area contributed by atoms with Crippen molar-refractivity contribution in [3.8, 4) is 28.4 Å². The van der Waals surface area contributed by atoms with E-state index < -0.39 is 14.9 Å². The lowest BCUT2D eigenvalue weighted by Gasteiger charge is -2.34. The number of ether oxygens (including phenoxy) is 1. The first-order valence-electron chi connectivity index (χ1n) is 25.8. The van der Waals surface area contributed by atoms with Crippen molar-refractivity contribution >= 4 is 73.4 Å². The first-order valence-corrected chi connectivity index (χ1v) is 26.3. The summed E-state index contributed by atoms with van der Waals surface area (Å²) in [5, 5.41) is 6.90. The van der Waals surface area contributed by atoms with Gasteiger partial charge >= 0.3 is 0 Å². The van der Waals surface area contributed by atoms with E-state index in [1.165, 1.54) is 21.1 Å². The van der Waals surface area contributed by atoms with Crippen LogP contribution in [0, 0.1) is 6.85 Å². The molecule has 0 amide bonds. The standard InChI is InChI=1S/C65H54N4OSi/c1-46-39-64(66-44-59(46)47-21-18-32-56(40-47)71(53-26-8-5-9-27-53,54-28-10-6-11-29-54)55-30-12-7-13-31-55)69-60-34-15-14-33-57(60)58-38-37-52(43-63(58)69)70-51-25-20-24-50(42-51)68-45-67(61-35-16-17-36-62(61)68)49-23-19-22-48(41-49)65(2,3)4/h5-44H,45H2,1-4H3/i1D3. The maximum Gasteiger partial charge on any atom is 0.179 e. The number of anilines is 4. The minimum Gasteiger partial charge on any atom is -0.457 e. The van der Waals surface area contributed by atoms with Gasteiger partial charge in [-0.3, -0.25) is 4.57 Å². The summed E-state index contributed by atoms with van der Waals surface area (Å²) in [5.74, 6) is 1.85. The Hall–Kier alpha value is -8.45. The average molecular weight is 938 g/mol. The zero-order chi connectivity index (χ0) is 50.6. The smallest absolute Gasteiger partial charge is 0.179 e. The minimum absolute atomic E-state index is 0.0265. The van der Waals surface area contributed by atoms with Crippen LogP contribution in [0.2, 0.25) is 0 Å². The molecule has 5 nitrogen and oxygen atoms in total. The summed E-state index contributed by atoms with van der Waals surface area (Å²) in [4.78, 5) is 9.84. The van der Waals surface area contributed by atoms with Gasteiger partial charge in [-0.1, -0.05) is 185 Å². The lowest BCUT2D eigenvalue weighted by molar-refractivity contribution is 0.483. The largest absolute Gasteiger partial charge is 0.457 e. The van der Waals surface area contributed by atoms with Gasteiger partial charge < -0.3 is 14.5 Å². The number of nitrogens with zero attached hydrogens (tertiary/aromatic N) is 4. The molecule has 11 aromatic rings. The number of hydrogen-bond donors (Lipinski definition) is 0. The van der Waals surface area contributed by atoms with Crippen LogP contribution in [0.1, 0.15) is 36.0 Å². The van der Waals surface area contributed by atoms with Gasteiger partial charge in [-0.25, -0.2) is 4.98 Å². The lowest BCUT2D eigenvalue weighted by atomic mass is 9.87. The highest BCUT2D eigenvalue weighted by molar-refractivity contribution is 7.19. The monoisotopic (exact) mass is 937 g/mol. The molecule has 0 N–H and O–H groups in total. The van der Waals surface area contributed by atoms with E-state index in [4.69, 9.17) is 13.8 Å². The molecular weight excluding hydrogens is 881 g/mol. The Bertz CT molecular complexity index is 3760. The summed E-state index contributed by atoms with van der Waals surface area (Å²) in [6, 6.07) is 82.4. The molecule has 0 radical (unpaired) electrons. The van der Waals surface area contributed by atoms with Gasteiger partial charge in [-0.05, 0) is 110 Å². The second-order valence-corrected chi connectivity index (χ2v) is 23.2. The van der Waals surface area contributed by atoms with Crippen molar-refractivity contribution in [2.24, 2.45) is 0 Å². The maximum absolute atomic E-state index is 9.03. The molecule has 344 valence electrons. The van der Waals surface area contributed by atoms with E-state index in [0.29, 0.717) is 29.5 Å². The average Bonchev–Trinajstić information content (AvgIpc) is 3.98. The highest BCUT2D eigenvalue weighted by atomic mass is 28.3. The second-order valence-electron chi connectivity index (χ2n) is 19.4. The van der Waals surface area contributed by atoms with Crippen LogP contribution in [0.4, 0.5) is 22.7 Å². The van der Waals surface area contributed by atoms with Crippen LogP contribution in [0.25, 0.3) is 38.8 Å². The molecule has 71 heavy (non-hydrogen) atoms. The number of para-hydroxylation sites is 3. The van der Waals surface area contributed by atoms with Crippen molar-refractivity contribution in [2.75, 3.05) is 16.5 Å². The van der Waals surface area contributed by atoms with Crippen molar-refractivity contribution < 1.29 is 8.85 Å². The molecule has 2 aromatic heterocycles. The van der Waals surface area contributed by atoms with Crippen LogP contribution in [0.15, 0.2) is 243 Å². The van der Waals surface area contributed by atoms with Crippen molar-refractivity contribution in [1.82, 2.24) is 9.55 Å². The third-order valence-electron chi connectivity index (χ3n) is 14.1. The molecular formula is C65H54N4OSi. The summed E-state index contributed by atoms with van der Waals surface area (Å²) < 4.78 is 35.9. The molecule has 0 aliphatic carbocycles. The molecule has 1 aliphatic heterocycles. The lowest BCUT2D eigenvalue weighted by Crippen LogP contribution is -2.74. The van der Waals surface area contributed by atoms with Gasteiger partial charge in [0, 0.05) is 50.2 Å². The van der Waals surface area contributed by atoms with Crippen molar-refractivity contribution in [2.45, 2.75) is 33.0 Å². The fraction of sp³-hybridized carbons (Fsp3) is 0.0923. The van der Waals surface area contributed by atoms with Gasteiger partial charge in [0.25, 0.3) is 0 Å². The summed E-state index contributed by atoms with van der Waals surface area (Å²) in [7, 11) is -2.91. The quantitative estimate of drug-likeness (QED) is 0.101. The summed E-state index contributed by atoms with van der Waals surface area (Å²) in [5.41, 5.74) is 9.12. The van der Waals surface area contributed by atoms with Crippen molar-refractivity contribution in [3.05, 3.63) is 254 Å². The molecule has 9 aromatic carbocycles. The molecule has 12 rings (SSSR count). The predicted octanol–water partition coefficient (Wildman–Crippen LogP) is 13.9. The van der Waals surface area contributed by atoms with E-state index in [9.17, 15) is 0 Å². The van der Waals surface area contributed by atoms with E-state index in [2.05, 4.69) is 223 Å². The van der Waals surface area contributed by atoms with Gasteiger partial charge in [0.2, 0.25) is 0 Å². The predicted molar refractivity (Wildman–Crippen MR) is 300 cm³/mol. The molecule has 0 saturated carbocycles. The number of pyridine rings is 1. The van der Waals surface area contributed by atoms with Crippen molar-refractivity contribution in [1.29, 1.82) is 0 Å². The van der Waals surface area contributed by atoms with Gasteiger partial charge in [-0.2, -0.15) is 0 Å². The van der Waals surface area contributed by atoms with Gasteiger partial charge in [0.1, 0.15) is 24.0 Å². The van der Waals surface area contributed by atoms with Crippen LogP contribution in [0.3, 0.4) is 0 Å². The number of aryl methyl sites for hydroxylation is 1. The Morgan fingerprint density at radius 1 is 0.493 bits per heavy atom. The third kappa shape index (κ3) is 7.77. The fourth-order valence-electron chi connectivity index (χ4n) is 10.7. The molecule has 1 aliphatic rings. The fourth-order valence-corrected chi connectivity index (χ4v) is 15.5. The first-order chi connectivity index (χ1) is 35.9. The van der Waals surface area contributed by atoms with E-state index in [1.807, 2.05) is 42.5 Å². The summed E-state index contributed by atoms with van der Waals surface area (Å²) in [6.07, 6.45) is 1.75. The molecule has 0 fully saturated rings. The number of aromatic nitrogens is 2. The van der Waals surface area contributed by atoms with Gasteiger partial charge in [0.05, 0.1) is 22.4 Å². The molecule has 0 bridgehead atoms. The first kappa shape index (κ1) is 40.4. The Kier molecular flexibility index (Phi) is 10.1. The minimum atomic E-state index is -2.91. The van der Waals surface area contributed by atoms with Gasteiger partial charge in [0.15, 0.2) is 8.07 Å². The molecule has 3 heterocycles. The Morgan fingerprint density at radius 3 is 1.72 bits per heavy atom. The Labute approximate surface area is 421 Å². The van der Waals surface area contributed by atoms with Crippen molar-refractivity contribution in [3.63, 3.8) is 0 Å². The van der Waals surface area contributed by atoms with Gasteiger partial charge in [-0.15, -0.1) is 0 Å². The topological polar surface area (TPSA) is 33.5 Å². The highest BCUT2D eigenvalue weighted by Gasteiger charge is 2.41. The molecule has 0 spiro atoms. The maximum atomic E-state index is 9.03. The van der Waals surface area contributed by atoms with Crippen LogP contribution >= 0.6 is 0 Å². The normalized spacial score (nSPS) is 13.5. The van der Waals surface area contributed by atoms with Crippen LogP contribution in [0.5, 0.6) is 11.5 Å². The Balaban J connectivity index is 0.925. The molecule has 0 atom stereocenters. The summed E-state index contributed by atoms with van der Waals surface area (Å²) >= 11 is 0. The molecule has 6 heteroatoms. The second kappa shape index (κ2) is 17.8. The molecule has 0 saturated heterocycles. The number of benzene rings is 9. The highest BCUT2D eigenvalue weighted by Crippen LogP contribution is 2.45. The third-order valence-corrected chi connectivity index (χ3v) is 18.9. The number of rotatable bonds is 10. The molecule has 0 unspecified atom stereocenters. The van der Waals surface area contributed by atoms with E-state index in [0.717, 1.165) is 55.3 Å². The van der Waals surface area contributed by atoms with E-state index in [-0.39, 0.29) is 11.0 Å².